The Hall–Kier alpha value is -2.36. The van der Waals surface area contributed by atoms with Crippen molar-refractivity contribution in [2.75, 3.05) is 0 Å². The molecule has 5 heteroatoms. The van der Waals surface area contributed by atoms with Gasteiger partial charge in [0.05, 0.1) is 0 Å². The zero-order valence-electron chi connectivity index (χ0n) is 39.8. The predicted molar refractivity (Wildman–Crippen MR) is 264 cm³/mol. The van der Waals surface area contributed by atoms with Crippen molar-refractivity contribution in [1.82, 2.24) is 0 Å². The van der Waals surface area contributed by atoms with E-state index in [0.717, 1.165) is 54.7 Å². The van der Waals surface area contributed by atoms with Crippen molar-refractivity contribution in [2.45, 2.75) is 207 Å². The summed E-state index contributed by atoms with van der Waals surface area (Å²) in [6, 6.07) is 15.9. The van der Waals surface area contributed by atoms with Gasteiger partial charge in [0.1, 0.15) is 11.5 Å². The van der Waals surface area contributed by atoms with Crippen LogP contribution in [0.25, 0.3) is 11.1 Å². The largest absolute Gasteiger partial charge is 2.00 e. The SMILES string of the molecule is CCCCCCCCCCCCCCCC(=O)Oc1ccc(/C(CC)=C(\[C]2[CH][CH][CH][CH]2)c2ccc(OC(=O)CCCCCCCCCCCCCCC)cc2)cc1.[CH]1[CH][CH][CH][CH]1.[Fe+2]. The Labute approximate surface area is 399 Å². The van der Waals surface area contributed by atoms with Gasteiger partial charge in [-0.15, -0.1) is 0 Å². The van der Waals surface area contributed by atoms with Crippen LogP contribution >= 0.6 is 0 Å². The minimum Gasteiger partial charge on any atom is -0.427 e. The Morgan fingerprint density at radius 2 is 0.683 bits per heavy atom. The topological polar surface area (TPSA) is 52.6 Å². The Balaban J connectivity index is 0.00000212. The number of carbonyl (C=O) groups is 2. The van der Waals surface area contributed by atoms with Gasteiger partial charge >= 0.3 is 29.0 Å². The summed E-state index contributed by atoms with van der Waals surface area (Å²) in [6.07, 6.45) is 53.6. The van der Waals surface area contributed by atoms with Crippen LogP contribution in [-0.2, 0) is 26.7 Å². The summed E-state index contributed by atoms with van der Waals surface area (Å²) >= 11 is 0. The number of hydrogen-bond donors (Lipinski definition) is 0. The van der Waals surface area contributed by atoms with Gasteiger partial charge in [-0.2, -0.15) is 0 Å². The molecule has 4 nitrogen and oxygen atoms in total. The minimum absolute atomic E-state index is 0. The maximum Gasteiger partial charge on any atom is 2.00 e. The molecule has 0 aromatic heterocycles. The average molecular weight is 901 g/mol. The molecular formula is C58H84FeO4+2. The van der Waals surface area contributed by atoms with E-state index in [-0.39, 0.29) is 29.0 Å². The summed E-state index contributed by atoms with van der Waals surface area (Å²) in [7, 11) is 0. The fraction of sp³-hybridized carbons (Fsp3) is 0.552. The number of ether oxygens (including phenoxy) is 2. The molecule has 2 aliphatic rings. The molecule has 0 aliphatic heterocycles. The summed E-state index contributed by atoms with van der Waals surface area (Å²) < 4.78 is 11.5. The van der Waals surface area contributed by atoms with E-state index in [1.165, 1.54) is 147 Å². The standard InChI is InChI=1S/C53H79O4.C5H5.Fe/c1-4-7-9-11-13-15-17-19-21-23-25-27-29-35-51(54)56-48-41-37-45(38-42-48)50(6-3)53(46-33-31-32-34-46)47-39-43-49(44-40-47)57-52(55)36-30-28-26-24-22-20-18-16-14-12-10-8-5-2;1-2-4-5-3-1;/h31-34,37-44H,4-30,35-36H2,1-3H3;1-5H;/q;;+2/b53-50+;;. The van der Waals surface area contributed by atoms with Crippen molar-refractivity contribution < 1.29 is 36.1 Å². The molecule has 0 amide bonds. The molecule has 2 aliphatic carbocycles. The fourth-order valence-electron chi connectivity index (χ4n) is 8.25. The first-order valence-electron chi connectivity index (χ1n) is 25.3. The van der Waals surface area contributed by atoms with E-state index in [1.54, 1.807) is 0 Å². The number of hydrogen-bond acceptors (Lipinski definition) is 4. The molecule has 0 bridgehead atoms. The molecule has 63 heavy (non-hydrogen) atoms. The molecule has 2 aromatic rings. The van der Waals surface area contributed by atoms with Crippen molar-refractivity contribution >= 4 is 23.1 Å². The van der Waals surface area contributed by atoms with Gasteiger partial charge in [0.25, 0.3) is 0 Å². The molecular weight excluding hydrogens is 816 g/mol. The van der Waals surface area contributed by atoms with Crippen LogP contribution in [0.1, 0.15) is 218 Å². The van der Waals surface area contributed by atoms with E-state index in [4.69, 9.17) is 9.47 Å². The van der Waals surface area contributed by atoms with Crippen molar-refractivity contribution in [3.63, 3.8) is 0 Å². The summed E-state index contributed by atoms with van der Waals surface area (Å²) in [6.45, 7) is 6.72. The second-order valence-corrected chi connectivity index (χ2v) is 17.3. The first kappa shape index (κ1) is 56.8. The molecule has 0 atom stereocenters. The Kier molecular flexibility index (Phi) is 35.0. The molecule has 346 valence electrons. The van der Waals surface area contributed by atoms with Gasteiger partial charge in [0, 0.05) is 18.8 Å². The second kappa shape index (κ2) is 38.9. The van der Waals surface area contributed by atoms with Gasteiger partial charge in [-0.1, -0.05) is 199 Å². The molecule has 2 aromatic carbocycles. The van der Waals surface area contributed by atoms with Crippen LogP contribution in [0.2, 0.25) is 0 Å². The zero-order valence-corrected chi connectivity index (χ0v) is 40.9. The molecule has 10 radical (unpaired) electrons. The molecule has 0 N–H and O–H groups in total. The number of unbranched alkanes of at least 4 members (excludes halogenated alkanes) is 24. The Morgan fingerprint density at radius 1 is 0.381 bits per heavy atom. The van der Waals surface area contributed by atoms with Crippen LogP contribution in [0.3, 0.4) is 0 Å². The van der Waals surface area contributed by atoms with Crippen LogP contribution in [0.4, 0.5) is 0 Å². The Bertz CT molecular complexity index is 1410. The quantitative estimate of drug-likeness (QED) is 0.0231. The van der Waals surface area contributed by atoms with E-state index in [9.17, 15) is 9.59 Å². The fourth-order valence-corrected chi connectivity index (χ4v) is 8.25. The van der Waals surface area contributed by atoms with Crippen LogP contribution < -0.4 is 9.47 Å². The third kappa shape index (κ3) is 27.0. The van der Waals surface area contributed by atoms with Crippen LogP contribution in [0, 0.1) is 63.7 Å². The minimum atomic E-state index is -0.156. The van der Waals surface area contributed by atoms with Gasteiger partial charge in [-0.3, -0.25) is 9.59 Å². The van der Waals surface area contributed by atoms with Crippen LogP contribution in [0.5, 0.6) is 11.5 Å². The number of carbonyl (C=O) groups excluding carboxylic acids is 2. The predicted octanol–water partition coefficient (Wildman–Crippen LogP) is 17.2. The smallest absolute Gasteiger partial charge is 0.427 e. The van der Waals surface area contributed by atoms with Crippen molar-refractivity contribution in [2.24, 2.45) is 0 Å². The van der Waals surface area contributed by atoms with Gasteiger partial charge in [0.2, 0.25) is 0 Å². The van der Waals surface area contributed by atoms with Gasteiger partial charge < -0.3 is 9.47 Å². The van der Waals surface area contributed by atoms with Gasteiger partial charge in [-0.05, 0) is 124 Å². The normalized spacial score (nSPS) is 14.1. The molecule has 0 saturated heterocycles. The first-order chi connectivity index (χ1) is 30.5. The van der Waals surface area contributed by atoms with E-state index in [1.807, 2.05) is 56.4 Å². The zero-order chi connectivity index (χ0) is 44.1. The van der Waals surface area contributed by atoms with E-state index in [0.29, 0.717) is 24.3 Å². The van der Waals surface area contributed by atoms with E-state index >= 15 is 0 Å². The van der Waals surface area contributed by atoms with Gasteiger partial charge in [0.15, 0.2) is 0 Å². The summed E-state index contributed by atoms with van der Waals surface area (Å²) in [5.74, 6) is 2.01. The molecule has 0 heterocycles. The monoisotopic (exact) mass is 901 g/mol. The summed E-state index contributed by atoms with van der Waals surface area (Å²) in [4.78, 5) is 25.3. The number of benzene rings is 2. The third-order valence-electron chi connectivity index (χ3n) is 11.9. The molecule has 4 rings (SSSR count). The van der Waals surface area contributed by atoms with Crippen molar-refractivity contribution in [1.29, 1.82) is 0 Å². The maximum absolute atomic E-state index is 12.6. The van der Waals surface area contributed by atoms with Crippen LogP contribution in [-0.4, -0.2) is 11.9 Å². The van der Waals surface area contributed by atoms with Crippen molar-refractivity contribution in [3.8, 4) is 11.5 Å². The first-order valence-corrected chi connectivity index (χ1v) is 25.3. The van der Waals surface area contributed by atoms with Crippen molar-refractivity contribution in [3.05, 3.63) is 123 Å². The number of allylic oxidation sites excluding steroid dienone is 2. The molecule has 0 spiro atoms. The molecule has 0 unspecified atom stereocenters. The third-order valence-corrected chi connectivity index (χ3v) is 11.9. The summed E-state index contributed by atoms with van der Waals surface area (Å²) in [5, 5.41) is 0. The second-order valence-electron chi connectivity index (χ2n) is 17.3. The molecule has 2 saturated carbocycles. The van der Waals surface area contributed by atoms with E-state index in [2.05, 4.69) is 70.7 Å². The maximum atomic E-state index is 12.6. The average Bonchev–Trinajstić information content (AvgIpc) is 4.06. The Morgan fingerprint density at radius 3 is 1.00 bits per heavy atom. The van der Waals surface area contributed by atoms with Crippen LogP contribution in [0.15, 0.2) is 48.5 Å². The van der Waals surface area contributed by atoms with Gasteiger partial charge in [-0.25, -0.2) is 0 Å². The summed E-state index contributed by atoms with van der Waals surface area (Å²) in [5.41, 5.74) is 4.53. The molecule has 2 fully saturated rings. The number of esters is 2. The number of rotatable bonds is 34. The van der Waals surface area contributed by atoms with E-state index < -0.39 is 0 Å².